The molecule has 1 heterocycles. The smallest absolute Gasteiger partial charge is 0.322 e. The van der Waals surface area contributed by atoms with Crippen LogP contribution >= 0.6 is 0 Å². The summed E-state index contributed by atoms with van der Waals surface area (Å²) in [4.78, 5) is 23.9. The first-order valence-corrected chi connectivity index (χ1v) is 5.56. The van der Waals surface area contributed by atoms with Crippen molar-refractivity contribution >= 4 is 23.7 Å². The Labute approximate surface area is 99.8 Å². The predicted molar refractivity (Wildman–Crippen MR) is 66.5 cm³/mol. The maximum absolute atomic E-state index is 11.7. The molecule has 0 unspecified atom stereocenters. The van der Waals surface area contributed by atoms with Gasteiger partial charge in [0.05, 0.1) is 12.2 Å². The number of anilines is 2. The molecule has 0 atom stereocenters. The number of hydrogen-bond acceptors (Lipinski definition) is 3. The van der Waals surface area contributed by atoms with Gasteiger partial charge in [0.2, 0.25) is 0 Å². The van der Waals surface area contributed by atoms with Gasteiger partial charge < -0.3 is 15.4 Å². The standard InChI is InChI=1S/C12H15N3O2/c1-13-12(17)15(7-8-16)11-4-2-3-10-9(11)5-6-14-10/h2-4,8,14H,5-7H2,1H3,(H,13,17). The van der Waals surface area contributed by atoms with E-state index in [1.807, 2.05) is 18.2 Å². The van der Waals surface area contributed by atoms with E-state index in [4.69, 9.17) is 0 Å². The number of nitrogens with zero attached hydrogens (tertiary/aromatic N) is 1. The number of aldehydes is 1. The Hall–Kier alpha value is -2.04. The van der Waals surface area contributed by atoms with Crippen LogP contribution in [0, 0.1) is 0 Å². The highest BCUT2D eigenvalue weighted by Gasteiger charge is 2.21. The van der Waals surface area contributed by atoms with Crippen molar-refractivity contribution in [2.24, 2.45) is 0 Å². The van der Waals surface area contributed by atoms with Crippen molar-refractivity contribution in [3.05, 3.63) is 23.8 Å². The molecule has 0 aromatic heterocycles. The van der Waals surface area contributed by atoms with Gasteiger partial charge in [-0.15, -0.1) is 0 Å². The Morgan fingerprint density at radius 3 is 3.12 bits per heavy atom. The topological polar surface area (TPSA) is 61.4 Å². The maximum atomic E-state index is 11.7. The average molecular weight is 233 g/mol. The minimum Gasteiger partial charge on any atom is -0.384 e. The summed E-state index contributed by atoms with van der Waals surface area (Å²) >= 11 is 0. The number of fused-ring (bicyclic) bond motifs is 1. The van der Waals surface area contributed by atoms with Crippen molar-refractivity contribution in [2.45, 2.75) is 6.42 Å². The van der Waals surface area contributed by atoms with E-state index in [1.54, 1.807) is 7.05 Å². The summed E-state index contributed by atoms with van der Waals surface area (Å²) in [5.41, 5.74) is 2.94. The van der Waals surface area contributed by atoms with E-state index in [1.165, 1.54) is 4.90 Å². The molecule has 1 aliphatic rings. The first-order valence-electron chi connectivity index (χ1n) is 5.56. The minimum atomic E-state index is -0.266. The van der Waals surface area contributed by atoms with Crippen LogP contribution in [0.25, 0.3) is 0 Å². The molecule has 2 amide bonds. The number of carbonyl (C=O) groups is 2. The number of nitrogens with one attached hydrogen (secondary N) is 2. The van der Waals surface area contributed by atoms with Crippen LogP contribution in [-0.2, 0) is 11.2 Å². The predicted octanol–water partition coefficient (Wildman–Crippen LogP) is 0.999. The van der Waals surface area contributed by atoms with E-state index in [-0.39, 0.29) is 12.6 Å². The Balaban J connectivity index is 2.39. The van der Waals surface area contributed by atoms with E-state index in [0.29, 0.717) is 0 Å². The van der Waals surface area contributed by atoms with Crippen LogP contribution in [0.1, 0.15) is 5.56 Å². The van der Waals surface area contributed by atoms with Crippen LogP contribution in [0.4, 0.5) is 16.2 Å². The van der Waals surface area contributed by atoms with Crippen LogP contribution in [-0.4, -0.2) is 32.5 Å². The number of benzene rings is 1. The molecule has 0 aliphatic carbocycles. The van der Waals surface area contributed by atoms with Crippen molar-refractivity contribution in [1.82, 2.24) is 5.32 Å². The summed E-state index contributed by atoms with van der Waals surface area (Å²) in [6.07, 6.45) is 1.61. The summed E-state index contributed by atoms with van der Waals surface area (Å²) < 4.78 is 0. The molecule has 0 spiro atoms. The highest BCUT2D eigenvalue weighted by Crippen LogP contribution is 2.31. The fourth-order valence-corrected chi connectivity index (χ4v) is 2.08. The fraction of sp³-hybridized carbons (Fsp3) is 0.333. The van der Waals surface area contributed by atoms with Gasteiger partial charge in [0.1, 0.15) is 6.29 Å². The third kappa shape index (κ3) is 2.08. The van der Waals surface area contributed by atoms with Crippen molar-refractivity contribution < 1.29 is 9.59 Å². The molecule has 0 saturated heterocycles. The third-order valence-electron chi connectivity index (χ3n) is 2.85. The maximum Gasteiger partial charge on any atom is 0.322 e. The molecule has 1 aromatic rings. The van der Waals surface area contributed by atoms with E-state index < -0.39 is 0 Å². The van der Waals surface area contributed by atoms with Gasteiger partial charge in [-0.25, -0.2) is 4.79 Å². The molecule has 0 radical (unpaired) electrons. The van der Waals surface area contributed by atoms with Crippen LogP contribution in [0.3, 0.4) is 0 Å². The van der Waals surface area contributed by atoms with Crippen LogP contribution in [0.2, 0.25) is 0 Å². The van der Waals surface area contributed by atoms with Gasteiger partial charge in [-0.1, -0.05) is 6.07 Å². The lowest BCUT2D eigenvalue weighted by atomic mass is 10.1. The van der Waals surface area contributed by atoms with Crippen LogP contribution in [0.5, 0.6) is 0 Å². The van der Waals surface area contributed by atoms with E-state index in [2.05, 4.69) is 10.6 Å². The van der Waals surface area contributed by atoms with Gasteiger partial charge >= 0.3 is 6.03 Å². The first-order chi connectivity index (χ1) is 8.27. The van der Waals surface area contributed by atoms with Gasteiger partial charge in [-0.05, 0) is 18.6 Å². The van der Waals surface area contributed by atoms with E-state index in [9.17, 15) is 9.59 Å². The van der Waals surface area contributed by atoms with Gasteiger partial charge in [0.15, 0.2) is 0 Å². The number of carbonyl (C=O) groups excluding carboxylic acids is 2. The first kappa shape index (κ1) is 11.4. The monoisotopic (exact) mass is 233 g/mol. The lowest BCUT2D eigenvalue weighted by Gasteiger charge is -2.22. The summed E-state index contributed by atoms with van der Waals surface area (Å²) in [6.45, 7) is 0.936. The van der Waals surface area contributed by atoms with Crippen molar-refractivity contribution in [2.75, 3.05) is 30.4 Å². The molecular formula is C12H15N3O2. The molecule has 17 heavy (non-hydrogen) atoms. The Morgan fingerprint density at radius 1 is 1.59 bits per heavy atom. The third-order valence-corrected chi connectivity index (χ3v) is 2.85. The average Bonchev–Trinajstić information content (AvgIpc) is 2.83. The molecule has 5 nitrogen and oxygen atoms in total. The summed E-state index contributed by atoms with van der Waals surface area (Å²) in [5, 5.41) is 5.79. The largest absolute Gasteiger partial charge is 0.384 e. The van der Waals surface area contributed by atoms with E-state index in [0.717, 1.165) is 36.2 Å². The van der Waals surface area contributed by atoms with E-state index >= 15 is 0 Å². The Kier molecular flexibility index (Phi) is 3.27. The highest BCUT2D eigenvalue weighted by molar-refractivity contribution is 5.96. The van der Waals surface area contributed by atoms with Gasteiger partial charge in [0, 0.05) is 24.8 Å². The fourth-order valence-electron chi connectivity index (χ4n) is 2.08. The summed E-state index contributed by atoms with van der Waals surface area (Å²) in [5.74, 6) is 0. The molecular weight excluding hydrogens is 218 g/mol. The quantitative estimate of drug-likeness (QED) is 0.766. The molecule has 2 N–H and O–H groups in total. The lowest BCUT2D eigenvalue weighted by Crippen LogP contribution is -2.39. The number of amides is 2. The zero-order valence-electron chi connectivity index (χ0n) is 9.69. The van der Waals surface area contributed by atoms with Crippen molar-refractivity contribution in [3.63, 3.8) is 0 Å². The van der Waals surface area contributed by atoms with Gasteiger partial charge in [-0.2, -0.15) is 0 Å². The second-order valence-corrected chi connectivity index (χ2v) is 3.81. The molecule has 2 rings (SSSR count). The molecule has 1 aromatic carbocycles. The highest BCUT2D eigenvalue weighted by atomic mass is 16.2. The number of urea groups is 1. The van der Waals surface area contributed by atoms with Gasteiger partial charge in [0.25, 0.3) is 0 Å². The second kappa shape index (κ2) is 4.86. The van der Waals surface area contributed by atoms with Crippen molar-refractivity contribution in [3.8, 4) is 0 Å². The Morgan fingerprint density at radius 2 is 2.41 bits per heavy atom. The van der Waals surface area contributed by atoms with Crippen molar-refractivity contribution in [1.29, 1.82) is 0 Å². The molecule has 0 fully saturated rings. The number of hydrogen-bond donors (Lipinski definition) is 2. The number of rotatable bonds is 3. The normalized spacial score (nSPS) is 12.5. The summed E-state index contributed by atoms with van der Waals surface area (Å²) in [6, 6.07) is 5.46. The molecule has 1 aliphatic heterocycles. The van der Waals surface area contributed by atoms with Gasteiger partial charge in [-0.3, -0.25) is 4.90 Å². The minimum absolute atomic E-state index is 0.0656. The van der Waals surface area contributed by atoms with Crippen LogP contribution < -0.4 is 15.5 Å². The SMILES string of the molecule is CNC(=O)N(CC=O)c1cccc2c1CCN2. The molecule has 90 valence electrons. The second-order valence-electron chi connectivity index (χ2n) is 3.81. The zero-order valence-corrected chi connectivity index (χ0v) is 9.69. The van der Waals surface area contributed by atoms with Crippen LogP contribution in [0.15, 0.2) is 18.2 Å². The molecule has 0 bridgehead atoms. The molecule has 5 heteroatoms. The Bertz CT molecular complexity index is 445. The molecule has 0 saturated carbocycles. The lowest BCUT2D eigenvalue weighted by molar-refractivity contribution is -0.106. The zero-order chi connectivity index (χ0) is 12.3. The summed E-state index contributed by atoms with van der Waals surface area (Å²) in [7, 11) is 1.56.